The number of ether oxygens (including phenoxy) is 1. The first-order valence-corrected chi connectivity index (χ1v) is 5.41. The number of aldehydes is 1. The van der Waals surface area contributed by atoms with Gasteiger partial charge in [-0.1, -0.05) is 0 Å². The maximum absolute atomic E-state index is 10.8. The number of carbonyl (C=O) groups excluding carboxylic acids is 1. The quantitative estimate of drug-likeness (QED) is 0.464. The summed E-state index contributed by atoms with van der Waals surface area (Å²) in [6.45, 7) is 0.374. The Kier molecular flexibility index (Phi) is 3.56. The van der Waals surface area contributed by atoms with E-state index in [-0.39, 0.29) is 5.69 Å². The summed E-state index contributed by atoms with van der Waals surface area (Å²) in [5.41, 5.74) is 0.975. The van der Waals surface area contributed by atoms with E-state index in [1.54, 1.807) is 16.8 Å². The van der Waals surface area contributed by atoms with Crippen LogP contribution in [0.15, 0.2) is 30.7 Å². The number of imidazole rings is 1. The number of aromatic nitrogens is 2. The third-order valence-corrected chi connectivity index (χ3v) is 2.54. The van der Waals surface area contributed by atoms with Gasteiger partial charge in [-0.2, -0.15) is 0 Å². The van der Waals surface area contributed by atoms with Gasteiger partial charge in [0.15, 0.2) is 6.29 Å². The molecule has 0 aliphatic rings. The standard InChI is InChI=1S/C12H11N3O4/c1-19-12-3-9(2-11(4-12)15(17)18)5-14-6-10(7-16)13-8-14/h2-4,6-8H,5H2,1H3. The molecule has 0 aliphatic carbocycles. The number of benzene rings is 1. The SMILES string of the molecule is COc1cc(Cn2cnc(C=O)c2)cc([N+](=O)[O-])c1. The normalized spacial score (nSPS) is 10.2. The van der Waals surface area contributed by atoms with Crippen LogP contribution in [0.1, 0.15) is 16.1 Å². The van der Waals surface area contributed by atoms with Crippen molar-refractivity contribution in [3.8, 4) is 5.75 Å². The van der Waals surface area contributed by atoms with Gasteiger partial charge in [0, 0.05) is 18.8 Å². The predicted molar refractivity (Wildman–Crippen MR) is 66.4 cm³/mol. The molecule has 0 radical (unpaired) electrons. The Bertz CT molecular complexity index is 621. The van der Waals surface area contributed by atoms with Crippen LogP contribution in [-0.2, 0) is 6.54 Å². The fourth-order valence-electron chi connectivity index (χ4n) is 1.69. The minimum Gasteiger partial charge on any atom is -0.496 e. The van der Waals surface area contributed by atoms with Gasteiger partial charge >= 0.3 is 0 Å². The molecule has 0 unspecified atom stereocenters. The van der Waals surface area contributed by atoms with Gasteiger partial charge in [-0.3, -0.25) is 14.9 Å². The van der Waals surface area contributed by atoms with Crippen molar-refractivity contribution in [2.45, 2.75) is 6.54 Å². The molecule has 1 heterocycles. The van der Waals surface area contributed by atoms with E-state index in [4.69, 9.17) is 4.74 Å². The highest BCUT2D eigenvalue weighted by atomic mass is 16.6. The highest BCUT2D eigenvalue weighted by Crippen LogP contribution is 2.23. The topological polar surface area (TPSA) is 87.3 Å². The first-order valence-electron chi connectivity index (χ1n) is 5.41. The average molecular weight is 261 g/mol. The predicted octanol–water partition coefficient (Wildman–Crippen LogP) is 1.66. The van der Waals surface area contributed by atoms with Crippen molar-refractivity contribution in [1.82, 2.24) is 9.55 Å². The van der Waals surface area contributed by atoms with Crippen LogP contribution >= 0.6 is 0 Å². The first-order chi connectivity index (χ1) is 9.12. The number of nitro benzene ring substituents is 1. The third-order valence-electron chi connectivity index (χ3n) is 2.54. The van der Waals surface area contributed by atoms with E-state index in [2.05, 4.69) is 4.98 Å². The highest BCUT2D eigenvalue weighted by Gasteiger charge is 2.10. The van der Waals surface area contributed by atoms with Crippen molar-refractivity contribution in [1.29, 1.82) is 0 Å². The number of non-ortho nitro benzene ring substituents is 1. The van der Waals surface area contributed by atoms with Gasteiger partial charge in [-0.05, 0) is 11.6 Å². The first kappa shape index (κ1) is 12.7. The van der Waals surface area contributed by atoms with Crippen LogP contribution in [0.2, 0.25) is 0 Å². The molecular formula is C12H11N3O4. The zero-order chi connectivity index (χ0) is 13.8. The van der Waals surface area contributed by atoms with Gasteiger partial charge in [-0.25, -0.2) is 4.98 Å². The summed E-state index contributed by atoms with van der Waals surface area (Å²) in [6, 6.07) is 4.52. The molecule has 0 atom stereocenters. The van der Waals surface area contributed by atoms with E-state index in [0.717, 1.165) is 0 Å². The summed E-state index contributed by atoms with van der Waals surface area (Å²) >= 11 is 0. The molecule has 0 spiro atoms. The average Bonchev–Trinajstić information content (AvgIpc) is 2.85. The van der Waals surface area contributed by atoms with Gasteiger partial charge in [-0.15, -0.1) is 0 Å². The Morgan fingerprint density at radius 1 is 1.47 bits per heavy atom. The number of rotatable bonds is 5. The number of nitrogens with zero attached hydrogens (tertiary/aromatic N) is 3. The lowest BCUT2D eigenvalue weighted by Crippen LogP contribution is -1.99. The fourth-order valence-corrected chi connectivity index (χ4v) is 1.69. The molecule has 0 aliphatic heterocycles. The van der Waals surface area contributed by atoms with Gasteiger partial charge in [0.2, 0.25) is 0 Å². The summed E-state index contributed by atoms with van der Waals surface area (Å²) in [6.07, 6.45) is 3.71. The Hall–Kier alpha value is -2.70. The second-order valence-electron chi connectivity index (χ2n) is 3.89. The monoisotopic (exact) mass is 261 g/mol. The van der Waals surface area contributed by atoms with Crippen LogP contribution < -0.4 is 4.74 Å². The molecule has 0 bridgehead atoms. The van der Waals surface area contributed by atoms with Crippen molar-refractivity contribution in [3.63, 3.8) is 0 Å². The van der Waals surface area contributed by atoms with Crippen molar-refractivity contribution < 1.29 is 14.5 Å². The molecule has 0 saturated carbocycles. The Morgan fingerprint density at radius 2 is 2.26 bits per heavy atom. The zero-order valence-electron chi connectivity index (χ0n) is 10.1. The van der Waals surface area contributed by atoms with Crippen LogP contribution in [0.3, 0.4) is 0 Å². The maximum atomic E-state index is 10.8. The number of nitro groups is 1. The number of carbonyl (C=O) groups is 1. The van der Waals surface area contributed by atoms with Crippen LogP contribution in [0.4, 0.5) is 5.69 Å². The highest BCUT2D eigenvalue weighted by molar-refractivity contribution is 5.70. The van der Waals surface area contributed by atoms with Crippen molar-refractivity contribution in [2.75, 3.05) is 7.11 Å². The minimum atomic E-state index is -0.475. The van der Waals surface area contributed by atoms with Crippen molar-refractivity contribution in [2.24, 2.45) is 0 Å². The Morgan fingerprint density at radius 3 is 2.84 bits per heavy atom. The molecular weight excluding hydrogens is 250 g/mol. The van der Waals surface area contributed by atoms with Gasteiger partial charge in [0.05, 0.1) is 24.4 Å². The smallest absolute Gasteiger partial charge is 0.273 e. The van der Waals surface area contributed by atoms with Crippen LogP contribution in [-0.4, -0.2) is 27.9 Å². The number of methoxy groups -OCH3 is 1. The molecule has 1 aromatic heterocycles. The number of hydrogen-bond donors (Lipinski definition) is 0. The second-order valence-corrected chi connectivity index (χ2v) is 3.89. The van der Waals surface area contributed by atoms with E-state index in [1.807, 2.05) is 0 Å². The lowest BCUT2D eigenvalue weighted by atomic mass is 10.2. The lowest BCUT2D eigenvalue weighted by Gasteiger charge is -2.05. The molecule has 7 nitrogen and oxygen atoms in total. The van der Waals surface area contributed by atoms with Gasteiger partial charge in [0.25, 0.3) is 5.69 Å². The third kappa shape index (κ3) is 2.95. The molecule has 2 rings (SSSR count). The molecule has 7 heteroatoms. The van der Waals surface area contributed by atoms with E-state index in [1.165, 1.54) is 25.6 Å². The maximum Gasteiger partial charge on any atom is 0.273 e. The van der Waals surface area contributed by atoms with E-state index < -0.39 is 4.92 Å². The van der Waals surface area contributed by atoms with Crippen LogP contribution in [0.25, 0.3) is 0 Å². The molecule has 0 saturated heterocycles. The second kappa shape index (κ2) is 5.30. The fraction of sp³-hybridized carbons (Fsp3) is 0.167. The van der Waals surface area contributed by atoms with Gasteiger partial charge < -0.3 is 9.30 Å². The van der Waals surface area contributed by atoms with E-state index >= 15 is 0 Å². The van der Waals surface area contributed by atoms with Crippen molar-refractivity contribution in [3.05, 3.63) is 52.1 Å². The Balaban J connectivity index is 2.30. The summed E-state index contributed by atoms with van der Waals surface area (Å²) in [5, 5.41) is 10.8. The molecule has 0 N–H and O–H groups in total. The number of hydrogen-bond acceptors (Lipinski definition) is 5. The summed E-state index contributed by atoms with van der Waals surface area (Å²) < 4.78 is 6.69. The zero-order valence-corrected chi connectivity index (χ0v) is 10.1. The molecule has 0 amide bonds. The summed E-state index contributed by atoms with van der Waals surface area (Å²) in [4.78, 5) is 24.7. The minimum absolute atomic E-state index is 0.0370. The van der Waals surface area contributed by atoms with E-state index in [0.29, 0.717) is 29.8 Å². The molecule has 19 heavy (non-hydrogen) atoms. The van der Waals surface area contributed by atoms with Crippen LogP contribution in [0, 0.1) is 10.1 Å². The Labute approximate surface area is 108 Å². The van der Waals surface area contributed by atoms with E-state index in [9.17, 15) is 14.9 Å². The summed E-state index contributed by atoms with van der Waals surface area (Å²) in [7, 11) is 1.45. The van der Waals surface area contributed by atoms with Crippen molar-refractivity contribution >= 4 is 12.0 Å². The lowest BCUT2D eigenvalue weighted by molar-refractivity contribution is -0.385. The van der Waals surface area contributed by atoms with Crippen LogP contribution in [0.5, 0.6) is 5.75 Å². The molecule has 1 aromatic carbocycles. The molecule has 0 fully saturated rings. The molecule has 2 aromatic rings. The summed E-state index contributed by atoms with van der Waals surface area (Å²) in [5.74, 6) is 0.417. The molecule has 98 valence electrons. The van der Waals surface area contributed by atoms with Gasteiger partial charge in [0.1, 0.15) is 11.4 Å². The largest absolute Gasteiger partial charge is 0.496 e.